The maximum atomic E-state index is 6.29. The SMILES string of the molecule is CCCCCCCCCCC(C)(CCCCCCCC(C)(C)C)C(OCC)(OCC)OCC. The van der Waals surface area contributed by atoms with Crippen LogP contribution in [0.3, 0.4) is 0 Å². The molecule has 0 aliphatic carbocycles. The van der Waals surface area contributed by atoms with Gasteiger partial charge in [0, 0.05) is 25.2 Å². The number of rotatable bonds is 23. The van der Waals surface area contributed by atoms with Gasteiger partial charge < -0.3 is 14.2 Å². The van der Waals surface area contributed by atoms with E-state index in [9.17, 15) is 0 Å². The Kier molecular flexibility index (Phi) is 19.0. The highest BCUT2D eigenvalue weighted by Crippen LogP contribution is 2.45. The molecule has 0 aliphatic rings. The normalized spacial score (nSPS) is 14.5. The summed E-state index contributed by atoms with van der Waals surface area (Å²) in [4.78, 5) is 0. The van der Waals surface area contributed by atoms with Crippen LogP contribution in [0.1, 0.15) is 158 Å². The molecule has 3 heteroatoms. The maximum absolute atomic E-state index is 6.29. The van der Waals surface area contributed by atoms with Gasteiger partial charge in [0.15, 0.2) is 0 Å². The van der Waals surface area contributed by atoms with Crippen molar-refractivity contribution in [3.63, 3.8) is 0 Å². The van der Waals surface area contributed by atoms with Gasteiger partial charge in [0.1, 0.15) is 0 Å². The minimum atomic E-state index is -0.918. The smallest absolute Gasteiger partial charge is 0.288 e. The summed E-state index contributed by atoms with van der Waals surface area (Å²) in [6, 6.07) is 0. The molecule has 0 aliphatic heterocycles. The molecule has 3 nitrogen and oxygen atoms in total. The van der Waals surface area contributed by atoms with Crippen molar-refractivity contribution >= 4 is 0 Å². The van der Waals surface area contributed by atoms with Crippen molar-refractivity contribution in [2.24, 2.45) is 10.8 Å². The van der Waals surface area contributed by atoms with Crippen molar-refractivity contribution in [1.29, 1.82) is 0 Å². The van der Waals surface area contributed by atoms with Gasteiger partial charge >= 0.3 is 0 Å². The second-order valence-electron chi connectivity index (χ2n) is 11.5. The second kappa shape index (κ2) is 19.1. The van der Waals surface area contributed by atoms with Gasteiger partial charge in [-0.05, 0) is 45.4 Å². The molecule has 0 fully saturated rings. The van der Waals surface area contributed by atoms with Crippen LogP contribution in [0.4, 0.5) is 0 Å². The molecule has 0 rings (SSSR count). The number of unbranched alkanes of at least 4 members (excludes halogenated alkanes) is 11. The van der Waals surface area contributed by atoms with Crippen LogP contribution in [0, 0.1) is 10.8 Å². The van der Waals surface area contributed by atoms with E-state index >= 15 is 0 Å². The summed E-state index contributed by atoms with van der Waals surface area (Å²) in [6.07, 6.45) is 20.8. The number of hydrogen-bond acceptors (Lipinski definition) is 3. The van der Waals surface area contributed by atoms with E-state index in [0.29, 0.717) is 25.2 Å². The Hall–Kier alpha value is -0.120. The molecule has 0 spiro atoms. The quantitative estimate of drug-likeness (QED) is 0.110. The maximum Gasteiger partial charge on any atom is 0.288 e. The van der Waals surface area contributed by atoms with E-state index in [1.54, 1.807) is 0 Å². The van der Waals surface area contributed by atoms with Gasteiger partial charge in [-0.15, -0.1) is 0 Å². The first-order valence-electron chi connectivity index (χ1n) is 14.6. The van der Waals surface area contributed by atoms with E-state index in [2.05, 4.69) is 55.4 Å². The summed E-state index contributed by atoms with van der Waals surface area (Å²) >= 11 is 0. The molecule has 0 heterocycles. The minimum Gasteiger partial charge on any atom is -0.327 e. The van der Waals surface area contributed by atoms with Crippen molar-refractivity contribution in [1.82, 2.24) is 0 Å². The summed E-state index contributed by atoms with van der Waals surface area (Å²) in [5.41, 5.74) is 0.337. The standard InChI is InChI=1S/C30H62O3/c1-9-13-14-15-16-17-20-23-26-29(8,30(31-10-2,32-11-3)33-12-4)27-24-21-18-19-22-25-28(5,6)7/h9-27H2,1-8H3. The zero-order valence-electron chi connectivity index (χ0n) is 24.2. The molecule has 0 N–H and O–H groups in total. The van der Waals surface area contributed by atoms with Crippen LogP contribution in [0.5, 0.6) is 0 Å². The lowest BCUT2D eigenvalue weighted by Crippen LogP contribution is -2.53. The van der Waals surface area contributed by atoms with Crippen LogP contribution in [-0.2, 0) is 14.2 Å². The molecule has 1 unspecified atom stereocenters. The van der Waals surface area contributed by atoms with Gasteiger partial charge in [0.2, 0.25) is 0 Å². The molecule has 33 heavy (non-hydrogen) atoms. The van der Waals surface area contributed by atoms with Gasteiger partial charge in [-0.1, -0.05) is 118 Å². The van der Waals surface area contributed by atoms with Crippen LogP contribution in [0.2, 0.25) is 0 Å². The Morgan fingerprint density at radius 2 is 0.758 bits per heavy atom. The molecule has 0 amide bonds. The van der Waals surface area contributed by atoms with E-state index in [4.69, 9.17) is 14.2 Å². The third-order valence-corrected chi connectivity index (χ3v) is 6.98. The summed E-state index contributed by atoms with van der Waals surface area (Å²) < 4.78 is 18.9. The van der Waals surface area contributed by atoms with Crippen molar-refractivity contribution in [3.05, 3.63) is 0 Å². The Balaban J connectivity index is 4.88. The van der Waals surface area contributed by atoms with Crippen molar-refractivity contribution < 1.29 is 14.2 Å². The molecule has 0 aromatic carbocycles. The van der Waals surface area contributed by atoms with E-state index < -0.39 is 5.97 Å². The van der Waals surface area contributed by atoms with E-state index in [0.717, 1.165) is 12.8 Å². The zero-order valence-corrected chi connectivity index (χ0v) is 24.2. The van der Waals surface area contributed by atoms with Crippen LogP contribution in [0.25, 0.3) is 0 Å². The first-order chi connectivity index (χ1) is 15.7. The van der Waals surface area contributed by atoms with Crippen LogP contribution >= 0.6 is 0 Å². The fourth-order valence-electron chi connectivity index (χ4n) is 5.00. The predicted molar refractivity (Wildman–Crippen MR) is 145 cm³/mol. The largest absolute Gasteiger partial charge is 0.327 e. The van der Waals surface area contributed by atoms with Gasteiger partial charge in [-0.2, -0.15) is 0 Å². The molecule has 0 bridgehead atoms. The van der Waals surface area contributed by atoms with E-state index in [1.807, 2.05) is 0 Å². The number of ether oxygens (including phenoxy) is 3. The van der Waals surface area contributed by atoms with Gasteiger partial charge in [0.25, 0.3) is 5.97 Å². The van der Waals surface area contributed by atoms with Crippen LogP contribution in [-0.4, -0.2) is 25.8 Å². The molecular weight excluding hydrogens is 408 g/mol. The molecule has 0 saturated heterocycles. The van der Waals surface area contributed by atoms with Crippen LogP contribution < -0.4 is 0 Å². The fourth-order valence-corrected chi connectivity index (χ4v) is 5.00. The molecule has 200 valence electrons. The lowest BCUT2D eigenvalue weighted by molar-refractivity contribution is -0.427. The summed E-state index contributed by atoms with van der Waals surface area (Å²) in [5.74, 6) is -0.918. The molecule has 0 aromatic heterocycles. The van der Waals surface area contributed by atoms with Gasteiger partial charge in [0.05, 0.1) is 0 Å². The average Bonchev–Trinajstić information content (AvgIpc) is 2.74. The third-order valence-electron chi connectivity index (χ3n) is 6.98. The molecule has 0 aromatic rings. The first-order valence-corrected chi connectivity index (χ1v) is 14.6. The monoisotopic (exact) mass is 470 g/mol. The highest BCUT2D eigenvalue weighted by atomic mass is 16.9. The topological polar surface area (TPSA) is 27.7 Å². The highest BCUT2D eigenvalue weighted by molar-refractivity contribution is 4.85. The van der Waals surface area contributed by atoms with Gasteiger partial charge in [-0.25, -0.2) is 0 Å². The average molecular weight is 471 g/mol. The van der Waals surface area contributed by atoms with Crippen LogP contribution in [0.15, 0.2) is 0 Å². The van der Waals surface area contributed by atoms with Crippen molar-refractivity contribution in [3.8, 4) is 0 Å². The number of hydrogen-bond donors (Lipinski definition) is 0. The minimum absolute atomic E-state index is 0.122. The lowest BCUT2D eigenvalue weighted by atomic mass is 9.76. The zero-order chi connectivity index (χ0) is 25.1. The molecular formula is C30H62O3. The predicted octanol–water partition coefficient (Wildman–Crippen LogP) is 10.1. The second-order valence-corrected chi connectivity index (χ2v) is 11.5. The summed E-state index contributed by atoms with van der Waals surface area (Å²) in [6.45, 7) is 19.7. The van der Waals surface area contributed by atoms with E-state index in [-0.39, 0.29) is 5.41 Å². The summed E-state index contributed by atoms with van der Waals surface area (Å²) in [5, 5.41) is 0. The molecule has 1 atom stereocenters. The highest BCUT2D eigenvalue weighted by Gasteiger charge is 2.51. The summed E-state index contributed by atoms with van der Waals surface area (Å²) in [7, 11) is 0. The first kappa shape index (κ1) is 32.9. The Bertz CT molecular complexity index is 412. The van der Waals surface area contributed by atoms with E-state index in [1.165, 1.54) is 89.9 Å². The van der Waals surface area contributed by atoms with Crippen molar-refractivity contribution in [2.75, 3.05) is 19.8 Å². The fraction of sp³-hybridized carbons (Fsp3) is 1.00. The Labute approximate surface area is 209 Å². The molecule has 0 radical (unpaired) electrons. The Morgan fingerprint density at radius 1 is 0.424 bits per heavy atom. The third kappa shape index (κ3) is 14.8. The lowest BCUT2D eigenvalue weighted by Gasteiger charge is -2.47. The van der Waals surface area contributed by atoms with Crippen molar-refractivity contribution in [2.45, 2.75) is 164 Å². The molecule has 0 saturated carbocycles. The Morgan fingerprint density at radius 3 is 1.09 bits per heavy atom. The van der Waals surface area contributed by atoms with Gasteiger partial charge in [-0.3, -0.25) is 0 Å².